The Balaban J connectivity index is 0. The van der Waals surface area contributed by atoms with Gasteiger partial charge in [-0.15, -0.1) is 0 Å². The first kappa shape index (κ1) is 40.5. The lowest BCUT2D eigenvalue weighted by Crippen LogP contribution is -2.37. The number of methoxy groups -OCH3 is 1. The van der Waals surface area contributed by atoms with Gasteiger partial charge >= 0.3 is 5.97 Å². The summed E-state index contributed by atoms with van der Waals surface area (Å²) < 4.78 is 4.93. The first-order chi connectivity index (χ1) is 19.2. The van der Waals surface area contributed by atoms with Crippen LogP contribution >= 0.6 is 0 Å². The first-order valence-electron chi connectivity index (χ1n) is 17.7. The number of hydrogen-bond acceptors (Lipinski definition) is 4. The average Bonchev–Trinajstić information content (AvgIpc) is 2.96. The Morgan fingerprint density at radius 1 is 0.436 bits per heavy atom. The minimum Gasteiger partial charge on any atom is -0.469 e. The van der Waals surface area contributed by atoms with Crippen LogP contribution in [0, 0.1) is 0 Å². The molecule has 0 bridgehead atoms. The molecule has 0 unspecified atom stereocenters. The minimum absolute atomic E-state index is 0.0763. The second-order valence-electron chi connectivity index (χ2n) is 11.4. The van der Waals surface area contributed by atoms with Crippen molar-refractivity contribution in [2.75, 3.05) is 46.4 Å². The number of esters is 1. The molecule has 0 saturated carbocycles. The summed E-state index contributed by atoms with van der Waals surface area (Å²) >= 11 is 0. The third-order valence-electron chi connectivity index (χ3n) is 7.83. The van der Waals surface area contributed by atoms with E-state index in [4.69, 9.17) is 4.74 Å². The molecule has 236 valence electrons. The van der Waals surface area contributed by atoms with Crippen molar-refractivity contribution in [3.8, 4) is 0 Å². The van der Waals surface area contributed by atoms with Crippen molar-refractivity contribution < 1.29 is 9.53 Å². The molecule has 0 saturated heterocycles. The second kappa shape index (κ2) is 35.4. The lowest BCUT2D eigenvalue weighted by atomic mass is 10.1. The van der Waals surface area contributed by atoms with E-state index in [-0.39, 0.29) is 5.97 Å². The van der Waals surface area contributed by atoms with Crippen LogP contribution in [-0.4, -0.2) is 62.1 Å². The maximum Gasteiger partial charge on any atom is 0.306 e. The van der Waals surface area contributed by atoms with Gasteiger partial charge in [0.05, 0.1) is 13.5 Å². The first-order valence-corrected chi connectivity index (χ1v) is 17.7. The molecule has 0 aromatic rings. The van der Waals surface area contributed by atoms with Gasteiger partial charge in [-0.2, -0.15) is 0 Å². The SMILES string of the molecule is CC.CCCCCCCCCN(CCCCCCCCC)CCN(CCCCCCCCC)CCC(=O)OC. The van der Waals surface area contributed by atoms with Gasteiger partial charge in [-0.05, 0) is 38.9 Å². The monoisotopic (exact) mass is 555 g/mol. The van der Waals surface area contributed by atoms with E-state index < -0.39 is 0 Å². The quantitative estimate of drug-likeness (QED) is 0.0653. The van der Waals surface area contributed by atoms with Crippen molar-refractivity contribution >= 4 is 5.97 Å². The van der Waals surface area contributed by atoms with E-state index in [1.165, 1.54) is 155 Å². The molecule has 0 aliphatic rings. The molecule has 4 heteroatoms. The zero-order chi connectivity index (χ0) is 29.2. The third kappa shape index (κ3) is 31.8. The highest BCUT2D eigenvalue weighted by atomic mass is 16.5. The molecule has 0 N–H and O–H groups in total. The molecule has 0 amide bonds. The molecular formula is C35H74N2O2. The highest BCUT2D eigenvalue weighted by molar-refractivity contribution is 5.69. The van der Waals surface area contributed by atoms with Gasteiger partial charge in [0.2, 0.25) is 0 Å². The summed E-state index contributed by atoms with van der Waals surface area (Å²) in [4.78, 5) is 17.1. The summed E-state index contributed by atoms with van der Waals surface area (Å²) in [5.74, 6) is -0.0763. The lowest BCUT2D eigenvalue weighted by Gasteiger charge is -2.28. The number of carbonyl (C=O) groups excluding carboxylic acids is 1. The average molecular weight is 555 g/mol. The Labute approximate surface area is 247 Å². The Morgan fingerprint density at radius 2 is 0.718 bits per heavy atom. The van der Waals surface area contributed by atoms with Gasteiger partial charge in [-0.3, -0.25) is 4.79 Å². The lowest BCUT2D eigenvalue weighted by molar-refractivity contribution is -0.141. The fraction of sp³-hybridized carbons (Fsp3) is 0.971. The maximum atomic E-state index is 11.8. The molecule has 0 radical (unpaired) electrons. The zero-order valence-corrected chi connectivity index (χ0v) is 28.0. The largest absolute Gasteiger partial charge is 0.469 e. The van der Waals surface area contributed by atoms with Gasteiger partial charge < -0.3 is 14.5 Å². The van der Waals surface area contributed by atoms with Crippen molar-refractivity contribution in [3.63, 3.8) is 0 Å². The highest BCUT2D eigenvalue weighted by Gasteiger charge is 2.12. The summed E-state index contributed by atoms with van der Waals surface area (Å²) in [6.45, 7) is 17.5. The van der Waals surface area contributed by atoms with E-state index in [9.17, 15) is 4.79 Å². The van der Waals surface area contributed by atoms with Crippen molar-refractivity contribution in [2.45, 2.75) is 176 Å². The third-order valence-corrected chi connectivity index (χ3v) is 7.83. The Morgan fingerprint density at radius 3 is 1.03 bits per heavy atom. The molecular weight excluding hydrogens is 480 g/mol. The van der Waals surface area contributed by atoms with Gasteiger partial charge in [-0.1, -0.05) is 150 Å². The minimum atomic E-state index is -0.0763. The van der Waals surface area contributed by atoms with Crippen LogP contribution in [0.4, 0.5) is 0 Å². The number of rotatable bonds is 30. The molecule has 0 rings (SSSR count). The molecule has 0 atom stereocenters. The van der Waals surface area contributed by atoms with Crippen LogP contribution in [-0.2, 0) is 9.53 Å². The molecule has 0 fully saturated rings. The normalized spacial score (nSPS) is 11.2. The second-order valence-corrected chi connectivity index (χ2v) is 11.4. The summed E-state index contributed by atoms with van der Waals surface area (Å²) in [6.07, 6.45) is 29.2. The van der Waals surface area contributed by atoms with Crippen molar-refractivity contribution in [1.29, 1.82) is 0 Å². The van der Waals surface area contributed by atoms with Gasteiger partial charge in [-0.25, -0.2) is 0 Å². The van der Waals surface area contributed by atoms with Crippen LogP contribution in [0.1, 0.15) is 176 Å². The molecule has 4 nitrogen and oxygen atoms in total. The summed E-state index contributed by atoms with van der Waals surface area (Å²) in [7, 11) is 1.51. The molecule has 0 spiro atoms. The molecule has 0 heterocycles. The Bertz CT molecular complexity index is 440. The Hall–Kier alpha value is -0.610. The number of hydrogen-bond donors (Lipinski definition) is 0. The maximum absolute atomic E-state index is 11.8. The van der Waals surface area contributed by atoms with Crippen LogP contribution in [0.15, 0.2) is 0 Å². The van der Waals surface area contributed by atoms with Gasteiger partial charge in [0, 0.05) is 19.6 Å². The van der Waals surface area contributed by atoms with Crippen LogP contribution in [0.25, 0.3) is 0 Å². The highest BCUT2D eigenvalue weighted by Crippen LogP contribution is 2.12. The number of unbranched alkanes of at least 4 members (excludes halogenated alkanes) is 18. The van der Waals surface area contributed by atoms with Crippen LogP contribution < -0.4 is 0 Å². The number of ether oxygens (including phenoxy) is 1. The summed E-state index contributed by atoms with van der Waals surface area (Å²) in [5, 5.41) is 0. The van der Waals surface area contributed by atoms with Gasteiger partial charge in [0.15, 0.2) is 0 Å². The smallest absolute Gasteiger partial charge is 0.306 e. The molecule has 39 heavy (non-hydrogen) atoms. The molecule has 0 aliphatic heterocycles. The van der Waals surface area contributed by atoms with Crippen LogP contribution in [0.3, 0.4) is 0 Å². The molecule has 0 aromatic carbocycles. The van der Waals surface area contributed by atoms with Gasteiger partial charge in [0.25, 0.3) is 0 Å². The number of nitrogens with zero attached hydrogens (tertiary/aromatic N) is 2. The van der Waals surface area contributed by atoms with Crippen molar-refractivity contribution in [3.05, 3.63) is 0 Å². The standard InChI is InChI=1S/C33H68N2O2.C2H6/c1-5-8-11-14-17-20-23-27-34(28-24-21-18-15-12-9-6-2)31-32-35(30-26-33(36)37-4)29-25-22-19-16-13-10-7-3;1-2/h5-32H2,1-4H3;1-2H3. The zero-order valence-electron chi connectivity index (χ0n) is 28.0. The Kier molecular flexibility index (Phi) is 36.8. The van der Waals surface area contributed by atoms with Crippen LogP contribution in [0.5, 0.6) is 0 Å². The molecule has 0 aromatic heterocycles. The number of carbonyl (C=O) groups is 1. The van der Waals surface area contributed by atoms with E-state index in [1.807, 2.05) is 13.8 Å². The predicted octanol–water partition coefficient (Wildman–Crippen LogP) is 10.4. The topological polar surface area (TPSA) is 32.8 Å². The molecule has 0 aliphatic carbocycles. The van der Waals surface area contributed by atoms with Crippen molar-refractivity contribution in [1.82, 2.24) is 9.80 Å². The fourth-order valence-electron chi connectivity index (χ4n) is 5.18. The summed E-state index contributed by atoms with van der Waals surface area (Å²) in [6, 6.07) is 0. The van der Waals surface area contributed by atoms with E-state index in [1.54, 1.807) is 0 Å². The van der Waals surface area contributed by atoms with E-state index in [2.05, 4.69) is 30.6 Å². The summed E-state index contributed by atoms with van der Waals surface area (Å²) in [5.41, 5.74) is 0. The van der Waals surface area contributed by atoms with E-state index in [0.717, 1.165) is 26.2 Å². The fourth-order valence-corrected chi connectivity index (χ4v) is 5.18. The van der Waals surface area contributed by atoms with Crippen molar-refractivity contribution in [2.24, 2.45) is 0 Å². The van der Waals surface area contributed by atoms with Crippen LogP contribution in [0.2, 0.25) is 0 Å². The van der Waals surface area contributed by atoms with Gasteiger partial charge in [0.1, 0.15) is 0 Å². The van der Waals surface area contributed by atoms with E-state index >= 15 is 0 Å². The van der Waals surface area contributed by atoms with E-state index in [0.29, 0.717) is 6.42 Å². The predicted molar refractivity (Wildman–Crippen MR) is 175 cm³/mol.